The van der Waals surface area contributed by atoms with E-state index in [4.69, 9.17) is 25.4 Å². The van der Waals surface area contributed by atoms with Crippen LogP contribution in [0.3, 0.4) is 0 Å². The van der Waals surface area contributed by atoms with Gasteiger partial charge in [-0.15, -0.1) is 0 Å². The van der Waals surface area contributed by atoms with Crippen LogP contribution in [-0.2, 0) is 9.59 Å². The van der Waals surface area contributed by atoms with Crippen molar-refractivity contribution >= 4 is 29.8 Å². The zero-order valence-corrected chi connectivity index (χ0v) is 16.2. The van der Waals surface area contributed by atoms with E-state index in [0.717, 1.165) is 0 Å². The van der Waals surface area contributed by atoms with E-state index in [2.05, 4.69) is 5.32 Å². The Morgan fingerprint density at radius 1 is 1.20 bits per heavy atom. The molecule has 0 saturated carbocycles. The Morgan fingerprint density at radius 2 is 1.83 bits per heavy atom. The molecule has 2 rings (SSSR count). The van der Waals surface area contributed by atoms with Crippen molar-refractivity contribution < 1.29 is 33.8 Å². The van der Waals surface area contributed by atoms with Gasteiger partial charge in [0.15, 0.2) is 6.04 Å². The first-order valence-corrected chi connectivity index (χ1v) is 8.75. The largest absolute Gasteiger partial charge is 0.480 e. The summed E-state index contributed by atoms with van der Waals surface area (Å²) in [7, 11) is 0. The number of nitrogens with one attached hydrogen (secondary N) is 2. The molecule has 1 aromatic carbocycles. The zero-order valence-electron chi connectivity index (χ0n) is 16.2. The standard InChI is InChI=1S/C20H21N3O7/c1-10(18(25)23-16(11(2)24)19(26)27)9-14-7-8-15(29-14)20(28)30-13-5-3-12(4-6-13)17(21)22/h3-9,11,16,24H,1-2H3,(H3,21,22)(H,23,25)(H,26,27)/t11?,16-/m0/s1. The highest BCUT2D eigenvalue weighted by atomic mass is 16.5. The number of carboxylic acid groups (broad SMARTS) is 1. The van der Waals surface area contributed by atoms with Crippen LogP contribution in [0.2, 0.25) is 0 Å². The van der Waals surface area contributed by atoms with Gasteiger partial charge in [0.05, 0.1) is 6.10 Å². The van der Waals surface area contributed by atoms with Gasteiger partial charge in [-0.05, 0) is 56.3 Å². The number of hydrogen-bond acceptors (Lipinski definition) is 7. The summed E-state index contributed by atoms with van der Waals surface area (Å²) in [5, 5.41) is 28.0. The molecule has 30 heavy (non-hydrogen) atoms. The zero-order chi connectivity index (χ0) is 22.4. The van der Waals surface area contributed by atoms with Crippen LogP contribution in [0.4, 0.5) is 0 Å². The van der Waals surface area contributed by atoms with Crippen LogP contribution in [-0.4, -0.2) is 46.0 Å². The van der Waals surface area contributed by atoms with Crippen LogP contribution in [0.25, 0.3) is 6.08 Å². The predicted octanol–water partition coefficient (Wildman–Crippen LogP) is 1.14. The van der Waals surface area contributed by atoms with Crippen molar-refractivity contribution in [3.63, 3.8) is 0 Å². The average molecular weight is 415 g/mol. The molecule has 0 aliphatic carbocycles. The van der Waals surface area contributed by atoms with E-state index >= 15 is 0 Å². The Labute approximate surface area is 171 Å². The normalized spacial score (nSPS) is 13.2. The van der Waals surface area contributed by atoms with E-state index < -0.39 is 30.0 Å². The number of nitrogen functional groups attached to an aromatic ring is 1. The monoisotopic (exact) mass is 415 g/mol. The highest BCUT2D eigenvalue weighted by Crippen LogP contribution is 2.17. The number of carboxylic acids is 1. The highest BCUT2D eigenvalue weighted by Gasteiger charge is 2.25. The Balaban J connectivity index is 2.05. The van der Waals surface area contributed by atoms with Crippen LogP contribution in [0.5, 0.6) is 5.75 Å². The van der Waals surface area contributed by atoms with Gasteiger partial charge in [0.1, 0.15) is 17.3 Å². The third-order valence-electron chi connectivity index (χ3n) is 3.96. The summed E-state index contributed by atoms with van der Waals surface area (Å²) >= 11 is 0. The first kappa shape index (κ1) is 22.4. The van der Waals surface area contributed by atoms with Crippen molar-refractivity contribution in [2.24, 2.45) is 5.73 Å². The third-order valence-corrected chi connectivity index (χ3v) is 3.96. The van der Waals surface area contributed by atoms with E-state index in [1.54, 1.807) is 0 Å². The fourth-order valence-electron chi connectivity index (χ4n) is 2.32. The van der Waals surface area contributed by atoms with Gasteiger partial charge < -0.3 is 30.4 Å². The summed E-state index contributed by atoms with van der Waals surface area (Å²) in [6.45, 7) is 2.67. The molecular weight excluding hydrogens is 394 g/mol. The van der Waals surface area contributed by atoms with Crippen molar-refractivity contribution in [1.29, 1.82) is 5.41 Å². The number of hydrogen-bond donors (Lipinski definition) is 5. The van der Waals surface area contributed by atoms with Crippen LogP contribution >= 0.6 is 0 Å². The molecule has 0 aliphatic rings. The summed E-state index contributed by atoms with van der Waals surface area (Å²) in [6, 6.07) is 7.36. The Hall–Kier alpha value is -3.92. The second kappa shape index (κ2) is 9.52. The number of aliphatic carboxylic acids is 1. The molecule has 0 spiro atoms. The minimum atomic E-state index is -1.46. The molecule has 1 amide bonds. The van der Waals surface area contributed by atoms with Gasteiger partial charge >= 0.3 is 11.9 Å². The smallest absolute Gasteiger partial charge is 0.379 e. The number of aliphatic hydroxyl groups excluding tert-OH is 1. The molecule has 10 heteroatoms. The van der Waals surface area contributed by atoms with E-state index in [0.29, 0.717) is 5.56 Å². The van der Waals surface area contributed by atoms with Crippen LogP contribution in [0.1, 0.15) is 35.7 Å². The van der Waals surface area contributed by atoms with Gasteiger partial charge in [-0.25, -0.2) is 9.59 Å². The fraction of sp³-hybridized carbons (Fsp3) is 0.200. The van der Waals surface area contributed by atoms with Gasteiger partial charge in [0, 0.05) is 11.1 Å². The molecule has 1 heterocycles. The molecule has 0 bridgehead atoms. The lowest BCUT2D eigenvalue weighted by molar-refractivity contribution is -0.144. The topological polar surface area (TPSA) is 176 Å². The van der Waals surface area contributed by atoms with Gasteiger partial charge in [0.25, 0.3) is 0 Å². The molecule has 1 unspecified atom stereocenters. The SMILES string of the molecule is CC(=Cc1ccc(C(=O)Oc2ccc(C(=N)N)cc2)o1)C(=O)N[C@H](C(=O)O)C(C)O. The Kier molecular flexibility index (Phi) is 7.10. The van der Waals surface area contributed by atoms with E-state index in [1.165, 1.54) is 56.3 Å². The number of esters is 1. The molecule has 0 radical (unpaired) electrons. The van der Waals surface area contributed by atoms with Crippen LogP contribution in [0, 0.1) is 5.41 Å². The molecule has 1 aromatic heterocycles. The molecule has 10 nitrogen and oxygen atoms in total. The lowest BCUT2D eigenvalue weighted by Gasteiger charge is -2.17. The summed E-state index contributed by atoms with van der Waals surface area (Å²) < 4.78 is 10.5. The van der Waals surface area contributed by atoms with E-state index in [9.17, 15) is 19.5 Å². The number of furan rings is 1. The number of carbonyl (C=O) groups is 3. The van der Waals surface area contributed by atoms with Gasteiger partial charge in [-0.2, -0.15) is 0 Å². The second-order valence-corrected chi connectivity index (χ2v) is 6.39. The van der Waals surface area contributed by atoms with E-state index in [-0.39, 0.29) is 28.7 Å². The van der Waals surface area contributed by atoms with Crippen molar-refractivity contribution in [2.45, 2.75) is 26.0 Å². The van der Waals surface area contributed by atoms with Crippen molar-refractivity contribution in [1.82, 2.24) is 5.32 Å². The Bertz CT molecular complexity index is 990. The molecule has 158 valence electrons. The molecular formula is C20H21N3O7. The first-order valence-electron chi connectivity index (χ1n) is 8.75. The number of amidine groups is 1. The summed E-state index contributed by atoms with van der Waals surface area (Å²) in [5.41, 5.74) is 5.95. The van der Waals surface area contributed by atoms with Gasteiger partial charge in [0.2, 0.25) is 11.7 Å². The molecule has 6 N–H and O–H groups in total. The predicted molar refractivity (Wildman–Crippen MR) is 106 cm³/mol. The lowest BCUT2D eigenvalue weighted by atomic mass is 10.1. The average Bonchev–Trinajstić information content (AvgIpc) is 3.14. The van der Waals surface area contributed by atoms with Crippen molar-refractivity contribution in [3.8, 4) is 5.75 Å². The minimum absolute atomic E-state index is 0.107. The highest BCUT2D eigenvalue weighted by molar-refractivity contribution is 5.99. The first-order chi connectivity index (χ1) is 14.1. The molecule has 2 atom stereocenters. The maximum atomic E-state index is 12.2. The lowest BCUT2D eigenvalue weighted by Crippen LogP contribution is -2.47. The molecule has 2 aromatic rings. The third kappa shape index (κ3) is 5.79. The van der Waals surface area contributed by atoms with Gasteiger partial charge in [-0.3, -0.25) is 10.2 Å². The maximum absolute atomic E-state index is 12.2. The molecule has 0 saturated heterocycles. The maximum Gasteiger partial charge on any atom is 0.379 e. The second-order valence-electron chi connectivity index (χ2n) is 6.39. The Morgan fingerprint density at radius 3 is 2.37 bits per heavy atom. The number of nitrogens with two attached hydrogens (primary N) is 1. The minimum Gasteiger partial charge on any atom is -0.480 e. The van der Waals surface area contributed by atoms with Crippen LogP contribution in [0.15, 0.2) is 46.4 Å². The number of carbonyl (C=O) groups excluding carboxylic acids is 2. The van der Waals surface area contributed by atoms with E-state index in [1.807, 2.05) is 0 Å². The van der Waals surface area contributed by atoms with Crippen molar-refractivity contribution in [3.05, 3.63) is 59.1 Å². The summed E-state index contributed by atoms with van der Waals surface area (Å²) in [4.78, 5) is 35.4. The summed E-state index contributed by atoms with van der Waals surface area (Å²) in [5.74, 6) is -2.68. The number of aliphatic hydroxyl groups is 1. The fourth-order valence-corrected chi connectivity index (χ4v) is 2.32. The number of ether oxygens (including phenoxy) is 1. The quantitative estimate of drug-likeness (QED) is 0.140. The number of rotatable bonds is 8. The summed E-state index contributed by atoms with van der Waals surface area (Å²) in [6.07, 6.45) is 0.0306. The number of amides is 1. The van der Waals surface area contributed by atoms with Gasteiger partial charge in [-0.1, -0.05) is 0 Å². The molecule has 0 aliphatic heterocycles. The van der Waals surface area contributed by atoms with Crippen molar-refractivity contribution in [2.75, 3.05) is 0 Å². The number of benzene rings is 1. The van der Waals surface area contributed by atoms with Crippen LogP contribution < -0.4 is 15.8 Å². The molecule has 0 fully saturated rings.